The van der Waals surface area contributed by atoms with Gasteiger partial charge in [0.1, 0.15) is 29.8 Å². The molecular weight excluding hydrogens is 634 g/mol. The number of hydrogen-bond acceptors (Lipinski definition) is 10. The molecule has 254 valence electrons. The maximum Gasteiger partial charge on any atom is 0.418 e. The summed E-state index contributed by atoms with van der Waals surface area (Å²) in [5.41, 5.74) is -1.82. The van der Waals surface area contributed by atoms with Crippen molar-refractivity contribution < 1.29 is 32.1 Å². The molecule has 2 N–H and O–H groups in total. The van der Waals surface area contributed by atoms with E-state index in [1.165, 1.54) is 19.3 Å². The van der Waals surface area contributed by atoms with Crippen molar-refractivity contribution in [2.24, 2.45) is 7.05 Å². The predicted molar refractivity (Wildman–Crippen MR) is 169 cm³/mol. The number of nitrogens with one attached hydrogen (secondary N) is 1. The second-order valence-electron chi connectivity index (χ2n) is 13.6. The van der Waals surface area contributed by atoms with Crippen LogP contribution < -0.4 is 9.64 Å². The molecule has 3 atom stereocenters. The van der Waals surface area contributed by atoms with E-state index in [0.717, 1.165) is 19.4 Å². The number of ether oxygens (including phenoxy) is 2. The van der Waals surface area contributed by atoms with Crippen LogP contribution in [0, 0.1) is 6.92 Å². The van der Waals surface area contributed by atoms with E-state index < -0.39 is 29.1 Å². The first-order valence-corrected chi connectivity index (χ1v) is 16.0. The van der Waals surface area contributed by atoms with Gasteiger partial charge in [0.15, 0.2) is 5.65 Å². The molecule has 0 spiro atoms. The zero-order chi connectivity index (χ0) is 33.6. The molecule has 3 saturated heterocycles. The van der Waals surface area contributed by atoms with Crippen molar-refractivity contribution >= 4 is 38.8 Å². The van der Waals surface area contributed by atoms with E-state index in [-0.39, 0.29) is 53.8 Å². The van der Waals surface area contributed by atoms with Gasteiger partial charge in [-0.2, -0.15) is 28.2 Å². The van der Waals surface area contributed by atoms with Crippen molar-refractivity contribution in [2.75, 3.05) is 50.9 Å². The Balaban J connectivity index is 1.36. The smallest absolute Gasteiger partial charge is 0.418 e. The van der Waals surface area contributed by atoms with E-state index in [0.29, 0.717) is 53.9 Å². The van der Waals surface area contributed by atoms with E-state index in [4.69, 9.17) is 19.4 Å². The van der Waals surface area contributed by atoms with Crippen molar-refractivity contribution in [3.8, 4) is 17.3 Å². The minimum absolute atomic E-state index is 0.0548. The van der Waals surface area contributed by atoms with Crippen LogP contribution in [0.25, 0.3) is 44.2 Å². The van der Waals surface area contributed by atoms with Crippen LogP contribution in [-0.4, -0.2) is 108 Å². The van der Waals surface area contributed by atoms with Gasteiger partial charge in [-0.3, -0.25) is 15.0 Å². The minimum Gasteiger partial charge on any atom is -0.461 e. The number of hydrogen-bond donors (Lipinski definition) is 2. The summed E-state index contributed by atoms with van der Waals surface area (Å²) in [6.07, 6.45) is -0.765. The number of anilines is 1. The number of alkyl halides is 4. The number of aromatic amines is 1. The first kappa shape index (κ1) is 31.1. The Hall–Kier alpha value is -4.15. The van der Waals surface area contributed by atoms with Crippen LogP contribution >= 0.6 is 0 Å². The summed E-state index contributed by atoms with van der Waals surface area (Å²) in [7, 11) is 1.72. The molecule has 3 aliphatic rings. The molecule has 0 aliphatic carbocycles. The minimum atomic E-state index is -4.73. The third-order valence-electron chi connectivity index (χ3n) is 9.98. The van der Waals surface area contributed by atoms with Crippen LogP contribution in [0.2, 0.25) is 0 Å². The number of rotatable bonds is 5. The highest BCUT2D eigenvalue weighted by molar-refractivity contribution is 6.16. The average Bonchev–Trinajstić information content (AvgIpc) is 3.75. The van der Waals surface area contributed by atoms with Gasteiger partial charge in [-0.05, 0) is 39.3 Å². The number of nitrogens with zero attached hydrogens (tertiary/aromatic N) is 8. The van der Waals surface area contributed by atoms with Gasteiger partial charge in [0.25, 0.3) is 0 Å². The molecule has 12 nitrogen and oxygen atoms in total. The summed E-state index contributed by atoms with van der Waals surface area (Å²) in [4.78, 5) is 22.4. The Kier molecular flexibility index (Phi) is 7.09. The topological polar surface area (TPSA) is 130 Å². The van der Waals surface area contributed by atoms with E-state index in [1.807, 2.05) is 4.90 Å². The van der Waals surface area contributed by atoms with Crippen molar-refractivity contribution in [1.82, 2.24) is 39.6 Å². The van der Waals surface area contributed by atoms with Crippen LogP contribution in [0.15, 0.2) is 18.5 Å². The van der Waals surface area contributed by atoms with Gasteiger partial charge in [-0.1, -0.05) is 0 Å². The Morgan fingerprint density at radius 2 is 2.02 bits per heavy atom. The van der Waals surface area contributed by atoms with Gasteiger partial charge < -0.3 is 24.0 Å². The molecule has 0 bridgehead atoms. The van der Waals surface area contributed by atoms with Crippen LogP contribution in [-0.2, 0) is 18.0 Å². The number of β-amino-alcohol motifs (C(OH)–C–C–N with tert-alkyl or cyclic N) is 1. The van der Waals surface area contributed by atoms with Crippen molar-refractivity contribution in [2.45, 2.75) is 56.6 Å². The first-order chi connectivity index (χ1) is 22.9. The number of aromatic nitrogens is 7. The Labute approximate surface area is 272 Å². The molecule has 48 heavy (non-hydrogen) atoms. The zero-order valence-corrected chi connectivity index (χ0v) is 26.7. The van der Waals surface area contributed by atoms with Crippen molar-refractivity contribution in [3.05, 3.63) is 29.7 Å². The third-order valence-corrected chi connectivity index (χ3v) is 9.98. The lowest BCUT2D eigenvalue weighted by atomic mass is 9.95. The fourth-order valence-corrected chi connectivity index (χ4v) is 7.99. The van der Waals surface area contributed by atoms with Crippen LogP contribution in [0.1, 0.15) is 37.4 Å². The average molecular weight is 670 g/mol. The largest absolute Gasteiger partial charge is 0.461 e. The van der Waals surface area contributed by atoms with Crippen LogP contribution in [0.4, 0.5) is 23.4 Å². The van der Waals surface area contributed by atoms with Gasteiger partial charge >= 0.3 is 12.2 Å². The summed E-state index contributed by atoms with van der Waals surface area (Å²) in [6.45, 7) is 5.35. The van der Waals surface area contributed by atoms with Crippen molar-refractivity contribution in [1.29, 1.82) is 0 Å². The molecule has 5 aromatic heterocycles. The fourth-order valence-electron chi connectivity index (χ4n) is 7.99. The molecule has 5 aromatic rings. The Bertz CT molecular complexity index is 2060. The van der Waals surface area contributed by atoms with Gasteiger partial charge in [-0.25, -0.2) is 9.37 Å². The number of pyridine rings is 2. The molecule has 16 heteroatoms. The quantitative estimate of drug-likeness (QED) is 0.261. The van der Waals surface area contributed by atoms with Gasteiger partial charge in [0.05, 0.1) is 59.3 Å². The molecule has 0 amide bonds. The van der Waals surface area contributed by atoms with E-state index in [9.17, 15) is 22.7 Å². The Morgan fingerprint density at radius 1 is 1.19 bits per heavy atom. The standard InChI is InChI=1S/C32H35F4N9O3/c1-17-23(32(34,35)36)21(20-12-38-42-26(20)39-17)24-25-19(5-7-37-24)22-27(43(25)3)40-29(41-28(22)44-9-10-47-15-30(2,46)14-44)48-16-31-6-4-8-45(31)13-18(33)11-31/h5,7,12,18,46H,4,6,8-11,13-16H2,1-3H3,(H,38,39,42)/t18-,30+,31+/m1/s1. The van der Waals surface area contributed by atoms with Gasteiger partial charge in [0, 0.05) is 49.1 Å². The summed E-state index contributed by atoms with van der Waals surface area (Å²) in [5.74, 6) is 0.439. The molecule has 0 saturated carbocycles. The van der Waals surface area contributed by atoms with Crippen molar-refractivity contribution in [3.63, 3.8) is 0 Å². The second kappa shape index (κ2) is 10.9. The lowest BCUT2D eigenvalue weighted by molar-refractivity contribution is -0.137. The van der Waals surface area contributed by atoms with Crippen LogP contribution in [0.5, 0.6) is 6.01 Å². The first-order valence-electron chi connectivity index (χ1n) is 16.0. The zero-order valence-electron chi connectivity index (χ0n) is 26.7. The van der Waals surface area contributed by atoms with E-state index in [2.05, 4.69) is 25.1 Å². The molecule has 8 rings (SSSR count). The Morgan fingerprint density at radius 3 is 2.83 bits per heavy atom. The number of fused-ring (bicyclic) bond motifs is 5. The molecule has 8 heterocycles. The lowest BCUT2D eigenvalue weighted by Gasteiger charge is -2.31. The number of aryl methyl sites for hydroxylation is 2. The molecular formula is C32H35F4N9O3. The highest BCUT2D eigenvalue weighted by Crippen LogP contribution is 2.46. The third kappa shape index (κ3) is 4.94. The van der Waals surface area contributed by atoms with Crippen LogP contribution in [0.3, 0.4) is 0 Å². The predicted octanol–water partition coefficient (Wildman–Crippen LogP) is 4.32. The maximum atomic E-state index is 14.7. The molecule has 0 unspecified atom stereocenters. The maximum absolute atomic E-state index is 14.7. The van der Waals surface area contributed by atoms with E-state index in [1.54, 1.807) is 24.6 Å². The number of H-pyrrole nitrogens is 1. The monoisotopic (exact) mass is 669 g/mol. The summed E-state index contributed by atoms with van der Waals surface area (Å²) in [5, 5.41) is 19.1. The SMILES string of the molecule is Cc1nc2[nH]ncc2c(-c2nccc3c4c(N5CCOC[C@@](C)(O)C5)nc(OC[C@@]56CCCN5C[C@H](F)C6)nc4n(C)c23)c1C(F)(F)F. The number of halogens is 4. The summed E-state index contributed by atoms with van der Waals surface area (Å²) >= 11 is 0. The molecule has 0 radical (unpaired) electrons. The second-order valence-corrected chi connectivity index (χ2v) is 13.6. The van der Waals surface area contributed by atoms with E-state index >= 15 is 0 Å². The van der Waals surface area contributed by atoms with Gasteiger partial charge in [0.2, 0.25) is 0 Å². The lowest BCUT2D eigenvalue weighted by Crippen LogP contribution is -2.44. The summed E-state index contributed by atoms with van der Waals surface area (Å²) in [6, 6.07) is 1.78. The molecule has 0 aromatic carbocycles. The normalized spacial score (nSPS) is 25.4. The fraction of sp³-hybridized carbons (Fsp3) is 0.531. The highest BCUT2D eigenvalue weighted by atomic mass is 19.4. The number of aliphatic hydroxyl groups is 1. The molecule has 3 fully saturated rings. The summed E-state index contributed by atoms with van der Waals surface area (Å²) < 4.78 is 72.4. The van der Waals surface area contributed by atoms with Gasteiger partial charge in [-0.15, -0.1) is 0 Å². The molecule has 3 aliphatic heterocycles. The highest BCUT2D eigenvalue weighted by Gasteiger charge is 2.49.